The van der Waals surface area contributed by atoms with Crippen molar-refractivity contribution in [3.63, 3.8) is 0 Å². The maximum atomic E-state index is 13.2. The molecule has 0 bridgehead atoms. The highest BCUT2D eigenvalue weighted by Gasteiger charge is 2.58. The number of carbonyl (C=O) groups is 1. The molecule has 2 fully saturated rings. The van der Waals surface area contributed by atoms with E-state index in [0.717, 1.165) is 4.31 Å². The lowest BCUT2D eigenvalue weighted by atomic mass is 9.96. The predicted octanol–water partition coefficient (Wildman–Crippen LogP) is 0.122. The molecule has 0 aliphatic carbocycles. The van der Waals surface area contributed by atoms with Gasteiger partial charge >= 0.3 is 5.97 Å². The number of fused-ring (bicyclic) bond motifs is 1. The maximum absolute atomic E-state index is 13.2. The molecule has 27 heavy (non-hydrogen) atoms. The second-order valence-corrected chi connectivity index (χ2v) is 8.74. The number of esters is 1. The van der Waals surface area contributed by atoms with Gasteiger partial charge in [-0.1, -0.05) is 0 Å². The Kier molecular flexibility index (Phi) is 5.21. The summed E-state index contributed by atoms with van der Waals surface area (Å²) >= 11 is 0. The van der Waals surface area contributed by atoms with Crippen LogP contribution in [0.1, 0.15) is 13.8 Å². The molecule has 2 saturated heterocycles. The Morgan fingerprint density at radius 2 is 1.78 bits per heavy atom. The largest absolute Gasteiger partial charge is 0.497 e. The van der Waals surface area contributed by atoms with E-state index in [-0.39, 0.29) is 11.4 Å². The van der Waals surface area contributed by atoms with Crippen LogP contribution in [0.3, 0.4) is 0 Å². The lowest BCUT2D eigenvalue weighted by molar-refractivity contribution is -0.160. The minimum atomic E-state index is -4.12. The van der Waals surface area contributed by atoms with E-state index < -0.39 is 46.1 Å². The number of hydrogen-bond acceptors (Lipinski definition) is 8. The zero-order valence-electron chi connectivity index (χ0n) is 15.5. The van der Waals surface area contributed by atoms with E-state index in [4.69, 9.17) is 18.9 Å². The van der Waals surface area contributed by atoms with Gasteiger partial charge < -0.3 is 24.1 Å². The first-order valence-corrected chi connectivity index (χ1v) is 9.82. The topological polar surface area (TPSA) is 112 Å². The third-order valence-corrected chi connectivity index (χ3v) is 6.50. The fourth-order valence-electron chi connectivity index (χ4n) is 3.43. The van der Waals surface area contributed by atoms with Crippen molar-refractivity contribution in [1.82, 2.24) is 4.31 Å². The van der Waals surface area contributed by atoms with Gasteiger partial charge in [-0.25, -0.2) is 8.42 Å². The van der Waals surface area contributed by atoms with E-state index in [0.29, 0.717) is 5.75 Å². The van der Waals surface area contributed by atoms with Gasteiger partial charge in [0.25, 0.3) is 0 Å². The summed E-state index contributed by atoms with van der Waals surface area (Å²) < 4.78 is 48.6. The number of ether oxygens (including phenoxy) is 4. The van der Waals surface area contributed by atoms with Gasteiger partial charge in [-0.05, 0) is 38.1 Å². The van der Waals surface area contributed by atoms with Crippen molar-refractivity contribution in [2.45, 2.75) is 48.9 Å². The van der Waals surface area contributed by atoms with Crippen LogP contribution in [0.5, 0.6) is 5.75 Å². The van der Waals surface area contributed by atoms with Crippen molar-refractivity contribution < 1.29 is 37.3 Å². The quantitative estimate of drug-likeness (QED) is 0.709. The lowest BCUT2D eigenvalue weighted by Gasteiger charge is -2.40. The standard InChI is InChI=1S/C17H23NO8S/c1-17(2)25-14-12(19)9-18(13(15(14)26-17)16(20)24-4)27(21,22)11-7-5-10(23-3)6-8-11/h5-8,12-15,19H,9H2,1-4H3/t12-,13+,14+,15-/m0/s1. The van der Waals surface area contributed by atoms with Crippen LogP contribution < -0.4 is 4.74 Å². The van der Waals surface area contributed by atoms with Crippen LogP contribution in [-0.4, -0.2) is 74.7 Å². The molecule has 2 aliphatic rings. The van der Waals surface area contributed by atoms with Crippen molar-refractivity contribution >= 4 is 16.0 Å². The number of benzene rings is 1. The number of methoxy groups -OCH3 is 2. The highest BCUT2D eigenvalue weighted by atomic mass is 32.2. The Hall–Kier alpha value is -1.72. The number of β-amino-alcohol motifs (C(OH)–C–C–N with tert-alkyl or cyclic N) is 1. The first-order valence-electron chi connectivity index (χ1n) is 8.38. The summed E-state index contributed by atoms with van der Waals surface area (Å²) in [6.07, 6.45) is -3.00. The fraction of sp³-hybridized carbons (Fsp3) is 0.588. The minimum Gasteiger partial charge on any atom is -0.497 e. The number of hydrogen-bond donors (Lipinski definition) is 1. The SMILES string of the molecule is COC(=O)[C@H]1[C@@H]2OC(C)(C)O[C@@H]2[C@@H](O)CN1S(=O)(=O)c1ccc(OC)cc1. The molecule has 2 heterocycles. The molecule has 150 valence electrons. The Labute approximate surface area is 157 Å². The summed E-state index contributed by atoms with van der Waals surface area (Å²) in [5.74, 6) is -1.36. The predicted molar refractivity (Wildman–Crippen MR) is 92.5 cm³/mol. The van der Waals surface area contributed by atoms with Gasteiger partial charge in [0, 0.05) is 6.54 Å². The molecule has 4 atom stereocenters. The molecule has 0 amide bonds. The highest BCUT2D eigenvalue weighted by molar-refractivity contribution is 7.89. The minimum absolute atomic E-state index is 0.0407. The maximum Gasteiger partial charge on any atom is 0.327 e. The summed E-state index contributed by atoms with van der Waals surface area (Å²) in [5, 5.41) is 10.5. The molecular formula is C17H23NO8S. The number of carbonyl (C=O) groups excluding carboxylic acids is 1. The lowest BCUT2D eigenvalue weighted by Crippen LogP contribution is -2.64. The van der Waals surface area contributed by atoms with Gasteiger partial charge in [0.05, 0.1) is 25.2 Å². The van der Waals surface area contributed by atoms with E-state index in [1.54, 1.807) is 13.8 Å². The van der Waals surface area contributed by atoms with Crippen molar-refractivity contribution in [1.29, 1.82) is 0 Å². The molecule has 10 heteroatoms. The van der Waals surface area contributed by atoms with Crippen molar-refractivity contribution in [2.75, 3.05) is 20.8 Å². The molecular weight excluding hydrogens is 378 g/mol. The van der Waals surface area contributed by atoms with E-state index in [1.165, 1.54) is 38.5 Å². The molecule has 1 aromatic carbocycles. The molecule has 0 radical (unpaired) electrons. The van der Waals surface area contributed by atoms with Gasteiger partial charge in [-0.3, -0.25) is 4.79 Å². The van der Waals surface area contributed by atoms with Crippen LogP contribution in [0.25, 0.3) is 0 Å². The number of piperidine rings is 1. The zero-order valence-corrected chi connectivity index (χ0v) is 16.3. The van der Waals surface area contributed by atoms with Crippen LogP contribution in [0, 0.1) is 0 Å². The Morgan fingerprint density at radius 1 is 1.19 bits per heavy atom. The monoisotopic (exact) mass is 401 g/mol. The molecule has 9 nitrogen and oxygen atoms in total. The first-order chi connectivity index (χ1) is 12.6. The zero-order chi connectivity index (χ0) is 20.0. The summed E-state index contributed by atoms with van der Waals surface area (Å²) in [4.78, 5) is 12.4. The van der Waals surface area contributed by atoms with Gasteiger partial charge in [-0.2, -0.15) is 4.31 Å². The van der Waals surface area contributed by atoms with Gasteiger partial charge in [0.15, 0.2) is 11.8 Å². The average molecular weight is 401 g/mol. The van der Waals surface area contributed by atoms with Crippen molar-refractivity contribution in [2.24, 2.45) is 0 Å². The van der Waals surface area contributed by atoms with Crippen molar-refractivity contribution in [3.8, 4) is 5.75 Å². The third-order valence-electron chi connectivity index (χ3n) is 4.64. The number of aliphatic hydroxyl groups excluding tert-OH is 1. The molecule has 0 saturated carbocycles. The van der Waals surface area contributed by atoms with Crippen LogP contribution in [0.4, 0.5) is 0 Å². The van der Waals surface area contributed by atoms with Crippen LogP contribution >= 0.6 is 0 Å². The molecule has 1 N–H and O–H groups in total. The highest BCUT2D eigenvalue weighted by Crippen LogP contribution is 2.39. The number of nitrogens with zero attached hydrogens (tertiary/aromatic N) is 1. The fourth-order valence-corrected chi connectivity index (χ4v) is 5.03. The molecule has 0 spiro atoms. The second kappa shape index (κ2) is 7.02. The van der Waals surface area contributed by atoms with Crippen LogP contribution in [0.15, 0.2) is 29.2 Å². The number of sulfonamides is 1. The Bertz CT molecular complexity index is 807. The first kappa shape index (κ1) is 20.0. The van der Waals surface area contributed by atoms with Gasteiger partial charge in [0.1, 0.15) is 18.0 Å². The van der Waals surface area contributed by atoms with Gasteiger partial charge in [-0.15, -0.1) is 0 Å². The van der Waals surface area contributed by atoms with E-state index in [2.05, 4.69) is 0 Å². The third kappa shape index (κ3) is 3.55. The summed E-state index contributed by atoms with van der Waals surface area (Å²) in [5.41, 5.74) is 0. The molecule has 0 aromatic heterocycles. The molecule has 1 aromatic rings. The second-order valence-electron chi connectivity index (χ2n) is 6.85. The summed E-state index contributed by atoms with van der Waals surface area (Å²) in [6.45, 7) is 2.94. The summed E-state index contributed by atoms with van der Waals surface area (Å²) in [7, 11) is -1.48. The average Bonchev–Trinajstić information content (AvgIpc) is 2.96. The van der Waals surface area contributed by atoms with Gasteiger partial charge in [0.2, 0.25) is 10.0 Å². The normalized spacial score (nSPS) is 30.6. The number of aliphatic hydroxyl groups is 1. The van der Waals surface area contributed by atoms with E-state index >= 15 is 0 Å². The van der Waals surface area contributed by atoms with E-state index in [9.17, 15) is 18.3 Å². The van der Waals surface area contributed by atoms with Crippen LogP contribution in [0.2, 0.25) is 0 Å². The Morgan fingerprint density at radius 3 is 2.33 bits per heavy atom. The molecule has 2 aliphatic heterocycles. The summed E-state index contributed by atoms with van der Waals surface area (Å²) in [6, 6.07) is 4.47. The van der Waals surface area contributed by atoms with E-state index in [1.807, 2.05) is 0 Å². The Balaban J connectivity index is 2.02. The molecule has 3 rings (SSSR count). The van der Waals surface area contributed by atoms with Crippen LogP contribution in [-0.2, 0) is 29.0 Å². The smallest absolute Gasteiger partial charge is 0.327 e. The molecule has 0 unspecified atom stereocenters. The van der Waals surface area contributed by atoms with Crippen molar-refractivity contribution in [3.05, 3.63) is 24.3 Å². The number of rotatable bonds is 4.